The van der Waals surface area contributed by atoms with Crippen LogP contribution in [0.5, 0.6) is 0 Å². The minimum atomic E-state index is -4.27. The van der Waals surface area contributed by atoms with E-state index < -0.39 is 10.1 Å². The maximum absolute atomic E-state index is 10.4. The summed E-state index contributed by atoms with van der Waals surface area (Å²) in [5.41, 5.74) is 0.928. The Bertz CT molecular complexity index is 352. The summed E-state index contributed by atoms with van der Waals surface area (Å²) in [4.78, 5) is -0.178. The van der Waals surface area contributed by atoms with Gasteiger partial charge in [0.05, 0.1) is 4.90 Å². The van der Waals surface area contributed by atoms with Crippen LogP contribution < -0.4 is 42.0 Å². The molecule has 3 nitrogen and oxygen atoms in total. The van der Waals surface area contributed by atoms with Gasteiger partial charge in [0.1, 0.15) is 10.1 Å². The van der Waals surface area contributed by atoms with Gasteiger partial charge < -0.3 is 17.0 Å². The number of hydrogen-bond acceptors (Lipinski definition) is 3. The van der Waals surface area contributed by atoms with E-state index in [1.807, 2.05) is 6.92 Å². The second kappa shape index (κ2) is 8.99. The first-order chi connectivity index (χ1) is 5.00. The molecule has 0 saturated heterocycles. The summed E-state index contributed by atoms with van der Waals surface area (Å²) in [6, 6.07) is 5.78. The molecule has 1 aromatic rings. The number of benzene rings is 1. The van der Waals surface area contributed by atoms with Crippen LogP contribution in [0.2, 0.25) is 0 Å². The molecule has 0 spiro atoms. The van der Waals surface area contributed by atoms with Gasteiger partial charge in [-0.05, 0) is 19.1 Å². The van der Waals surface area contributed by atoms with Gasteiger partial charge in [-0.15, -0.1) is 0 Å². The standard InChI is InChI=1S/C7H8O3S.ClH.Na.Sr/c1-6-2-4-7(5-3-6)11(8,9)10;;;/h2-5H,1H3,(H,8,9,10);1H;;/q;;+1;+2/p-2. The Morgan fingerprint density at radius 1 is 1.14 bits per heavy atom. The van der Waals surface area contributed by atoms with Crippen LogP contribution >= 0.6 is 0 Å². The zero-order chi connectivity index (χ0) is 8.48. The second-order valence-corrected chi connectivity index (χ2v) is 3.65. The first-order valence-corrected chi connectivity index (χ1v) is 4.43. The van der Waals surface area contributed by atoms with Crippen molar-refractivity contribution in [2.24, 2.45) is 0 Å². The van der Waals surface area contributed by atoms with Crippen molar-refractivity contribution in [2.45, 2.75) is 11.8 Å². The molecule has 1 rings (SSSR count). The van der Waals surface area contributed by atoms with Gasteiger partial charge in [0.2, 0.25) is 0 Å². The summed E-state index contributed by atoms with van der Waals surface area (Å²) in [7, 11) is -4.27. The van der Waals surface area contributed by atoms with E-state index in [1.165, 1.54) is 12.1 Å². The zero-order valence-corrected chi connectivity index (χ0v) is 15.1. The van der Waals surface area contributed by atoms with E-state index in [4.69, 9.17) is 0 Å². The first-order valence-electron chi connectivity index (χ1n) is 3.03. The summed E-state index contributed by atoms with van der Waals surface area (Å²) in [5, 5.41) is 0. The Labute approximate surface area is 149 Å². The first kappa shape index (κ1) is 21.2. The third kappa shape index (κ3) is 7.22. The Hall–Kier alpha value is 1.90. The number of aryl methyl sites for hydroxylation is 1. The molecule has 0 heterocycles. The van der Waals surface area contributed by atoms with Crippen molar-refractivity contribution in [3.63, 3.8) is 0 Å². The molecule has 0 unspecified atom stereocenters. The van der Waals surface area contributed by atoms with Crippen molar-refractivity contribution in [2.75, 3.05) is 0 Å². The van der Waals surface area contributed by atoms with Crippen LogP contribution in [-0.4, -0.2) is 58.5 Å². The Morgan fingerprint density at radius 3 is 1.79 bits per heavy atom. The fourth-order valence-electron chi connectivity index (χ4n) is 0.705. The van der Waals surface area contributed by atoms with Gasteiger partial charge in [-0.3, -0.25) is 0 Å². The molecule has 0 bridgehead atoms. The summed E-state index contributed by atoms with van der Waals surface area (Å²) in [6.45, 7) is 1.82. The largest absolute Gasteiger partial charge is 2.00 e. The van der Waals surface area contributed by atoms with Gasteiger partial charge in [-0.25, -0.2) is 8.42 Å². The summed E-state index contributed by atoms with van der Waals surface area (Å²) in [6.07, 6.45) is 0. The van der Waals surface area contributed by atoms with Gasteiger partial charge in [-0.2, -0.15) is 0 Å². The minimum absolute atomic E-state index is 0. The predicted octanol–water partition coefficient (Wildman–Crippen LogP) is -5.47. The van der Waals surface area contributed by atoms with Gasteiger partial charge in [0.15, 0.2) is 0 Å². The molecule has 7 heteroatoms. The maximum Gasteiger partial charge on any atom is 2.00 e. The van der Waals surface area contributed by atoms with E-state index in [1.54, 1.807) is 12.1 Å². The van der Waals surface area contributed by atoms with Crippen molar-refractivity contribution in [3.8, 4) is 0 Å². The average Bonchev–Trinajstić information content (AvgIpc) is 1.86. The Morgan fingerprint density at radius 2 is 1.50 bits per heavy atom. The molecule has 0 aliphatic heterocycles. The second-order valence-electron chi connectivity index (χ2n) is 2.27. The molecule has 0 aromatic heterocycles. The summed E-state index contributed by atoms with van der Waals surface area (Å²) < 4.78 is 31.2. The number of rotatable bonds is 1. The number of halogens is 1. The predicted molar refractivity (Wildman–Crippen MR) is 44.9 cm³/mol. The normalized spacial score (nSPS) is 9.00. The van der Waals surface area contributed by atoms with Crippen LogP contribution in [0.4, 0.5) is 0 Å². The van der Waals surface area contributed by atoms with Gasteiger partial charge >= 0.3 is 75.0 Å². The van der Waals surface area contributed by atoms with Crippen molar-refractivity contribution < 1.29 is 54.9 Å². The van der Waals surface area contributed by atoms with E-state index in [-0.39, 0.29) is 92.3 Å². The van der Waals surface area contributed by atoms with Gasteiger partial charge in [-0.1, -0.05) is 17.7 Å². The third-order valence-corrected chi connectivity index (χ3v) is 2.16. The smallest absolute Gasteiger partial charge is 1.00 e. The summed E-state index contributed by atoms with van der Waals surface area (Å²) >= 11 is 0. The van der Waals surface area contributed by atoms with E-state index in [2.05, 4.69) is 0 Å². The Kier molecular flexibility index (Phi) is 13.6. The van der Waals surface area contributed by atoms with Crippen LogP contribution in [-0.2, 0) is 10.1 Å². The zero-order valence-electron chi connectivity index (χ0n) is 8.03. The molecule has 0 fully saturated rings. The monoisotopic (exact) mass is 317 g/mol. The molecule has 0 atom stereocenters. The third-order valence-electron chi connectivity index (χ3n) is 1.31. The van der Waals surface area contributed by atoms with Gasteiger partial charge in [0.25, 0.3) is 0 Å². The Balaban J connectivity index is -0.000000403. The van der Waals surface area contributed by atoms with Crippen LogP contribution in [0.1, 0.15) is 5.56 Å². The topological polar surface area (TPSA) is 57.2 Å². The molecular weight excluding hydrogens is 310 g/mol. The van der Waals surface area contributed by atoms with Crippen molar-refractivity contribution in [1.29, 1.82) is 0 Å². The molecule has 0 aliphatic carbocycles. The van der Waals surface area contributed by atoms with E-state index in [0.717, 1.165) is 5.56 Å². The van der Waals surface area contributed by atoms with Crippen molar-refractivity contribution in [3.05, 3.63) is 29.8 Å². The van der Waals surface area contributed by atoms with Gasteiger partial charge in [0, 0.05) is 0 Å². The van der Waals surface area contributed by atoms with Crippen molar-refractivity contribution in [1.82, 2.24) is 0 Å². The van der Waals surface area contributed by atoms with Crippen LogP contribution in [0.3, 0.4) is 0 Å². The van der Waals surface area contributed by atoms with E-state index >= 15 is 0 Å². The molecule has 0 N–H and O–H groups in total. The minimum Gasteiger partial charge on any atom is -1.00 e. The fourth-order valence-corrected chi connectivity index (χ4v) is 1.17. The molecule has 0 aliphatic rings. The van der Waals surface area contributed by atoms with E-state index in [0.29, 0.717) is 0 Å². The van der Waals surface area contributed by atoms with Crippen LogP contribution in [0.25, 0.3) is 0 Å². The molecular formula is C7H7ClNaO3SSr+. The van der Waals surface area contributed by atoms with Crippen LogP contribution in [0.15, 0.2) is 29.2 Å². The molecule has 0 saturated carbocycles. The molecule has 68 valence electrons. The SMILES string of the molecule is Cc1ccc(S(=O)(=O)[O-])cc1.[Cl-].[Na+].[Sr+2]. The quantitative estimate of drug-likeness (QED) is 0.384. The van der Waals surface area contributed by atoms with E-state index in [9.17, 15) is 13.0 Å². The number of hydrogen-bond donors (Lipinski definition) is 0. The molecule has 0 amide bonds. The fraction of sp³-hybridized carbons (Fsp3) is 0.143. The maximum atomic E-state index is 10.4. The molecule has 1 aromatic carbocycles. The summed E-state index contributed by atoms with van der Waals surface area (Å²) in [5.74, 6) is 0. The molecule has 0 radical (unpaired) electrons. The average molecular weight is 317 g/mol. The van der Waals surface area contributed by atoms with Crippen LogP contribution in [0, 0.1) is 6.92 Å². The van der Waals surface area contributed by atoms with Crippen molar-refractivity contribution >= 4 is 55.6 Å². The molecule has 14 heavy (non-hydrogen) atoms.